The van der Waals surface area contributed by atoms with E-state index < -0.39 is 18.1 Å². The second-order valence-corrected chi connectivity index (χ2v) is 24.0. The van der Waals surface area contributed by atoms with Crippen molar-refractivity contribution >= 4 is 34.8 Å². The number of phenols is 1. The van der Waals surface area contributed by atoms with E-state index >= 15 is 0 Å². The van der Waals surface area contributed by atoms with Gasteiger partial charge in [-0.1, -0.05) is 55.4 Å². The van der Waals surface area contributed by atoms with Crippen molar-refractivity contribution in [1.82, 2.24) is 49.9 Å². The standard InChI is InChI=1S/C59H76N12O6S/c1-36(2)55(59(75)71-33-45(72)28-51(71)58(74)63-37(3)41-9-11-42(12-10-41)56-38(4)62-35-78-56)53-30-54(66-77-53)69-23-15-40(16-24-69)31-67-19-17-46(18-20-67)76-47-26-44(27-47)68-21-13-39(14-22-68)25-43-32-70(34-61-43)50-29-49(64-65-57(50)60)48-7-5-6-8-52(48)73/h5-12,29-30,32,34-37,39-40,44-47,51,55,72-73H,13-28,31,33H2,1-4H3,(H2,60,65)(H,63,74)/t37-,44?,45+,47?,51-,55+/m0/s1. The minimum Gasteiger partial charge on any atom is -0.507 e. The lowest BCUT2D eigenvalue weighted by Gasteiger charge is -2.47. The largest absolute Gasteiger partial charge is 0.507 e. The number of nitrogens with one attached hydrogen (secondary N) is 1. The summed E-state index contributed by atoms with van der Waals surface area (Å²) in [6.07, 6.45) is 13.7. The number of para-hydroxylation sites is 1. The predicted octanol–water partition coefficient (Wildman–Crippen LogP) is 7.80. The van der Waals surface area contributed by atoms with Gasteiger partial charge < -0.3 is 54.7 Å². The molecule has 0 bridgehead atoms. The van der Waals surface area contributed by atoms with Crippen molar-refractivity contribution in [2.75, 3.05) is 63.0 Å². The maximum Gasteiger partial charge on any atom is 0.243 e. The Morgan fingerprint density at radius 2 is 1.63 bits per heavy atom. The van der Waals surface area contributed by atoms with E-state index in [9.17, 15) is 19.8 Å². The smallest absolute Gasteiger partial charge is 0.243 e. The Hall–Kier alpha value is -6.25. The zero-order valence-electron chi connectivity index (χ0n) is 45.5. The van der Waals surface area contributed by atoms with Crippen LogP contribution in [0.15, 0.2) is 83.2 Å². The Kier molecular flexibility index (Phi) is 16.3. The average molecular weight is 1080 g/mol. The van der Waals surface area contributed by atoms with Crippen LogP contribution in [-0.2, 0) is 20.7 Å². The van der Waals surface area contributed by atoms with Gasteiger partial charge in [-0.3, -0.25) is 9.59 Å². The zero-order valence-corrected chi connectivity index (χ0v) is 46.3. The number of aliphatic hydroxyl groups excluding tert-OH is 1. The quantitative estimate of drug-likeness (QED) is 0.0685. The van der Waals surface area contributed by atoms with Gasteiger partial charge in [-0.15, -0.1) is 21.5 Å². The molecule has 5 N–H and O–H groups in total. The van der Waals surface area contributed by atoms with Crippen molar-refractivity contribution < 1.29 is 29.1 Å². The minimum atomic E-state index is -0.796. The van der Waals surface area contributed by atoms with Crippen molar-refractivity contribution in [3.05, 3.63) is 101 Å². The molecular weight excluding hydrogens is 1000 g/mol. The van der Waals surface area contributed by atoms with E-state index in [-0.39, 0.29) is 42.5 Å². The van der Waals surface area contributed by atoms with Gasteiger partial charge in [0.15, 0.2) is 17.4 Å². The molecule has 4 aromatic heterocycles. The first-order valence-electron chi connectivity index (χ1n) is 28.4. The summed E-state index contributed by atoms with van der Waals surface area (Å²) in [4.78, 5) is 47.6. The Morgan fingerprint density at radius 1 is 0.885 bits per heavy atom. The van der Waals surface area contributed by atoms with Gasteiger partial charge in [0.2, 0.25) is 11.8 Å². The number of anilines is 2. The fraction of sp³-hybridized carbons (Fsp3) is 0.542. The van der Waals surface area contributed by atoms with Gasteiger partial charge in [0.05, 0.1) is 63.8 Å². The fourth-order valence-electron chi connectivity index (χ4n) is 12.7. The number of nitrogens with zero attached hydrogens (tertiary/aromatic N) is 10. The molecule has 4 saturated heterocycles. The highest BCUT2D eigenvalue weighted by Crippen LogP contribution is 2.37. The molecule has 6 aromatic rings. The van der Waals surface area contributed by atoms with Gasteiger partial charge in [-0.05, 0) is 132 Å². The third-order valence-electron chi connectivity index (χ3n) is 17.4. The number of ether oxygens (including phenoxy) is 1. The van der Waals surface area contributed by atoms with Crippen LogP contribution in [0.1, 0.15) is 113 Å². The van der Waals surface area contributed by atoms with E-state index in [2.05, 4.69) is 40.4 Å². The molecule has 5 aliphatic rings. The number of thiazole rings is 1. The number of hydrogen-bond acceptors (Lipinski definition) is 16. The van der Waals surface area contributed by atoms with E-state index in [0.29, 0.717) is 58.6 Å². The topological polar surface area (TPSA) is 217 Å². The number of aryl methyl sites for hydroxylation is 1. The summed E-state index contributed by atoms with van der Waals surface area (Å²) in [5, 5.41) is 37.1. The van der Waals surface area contributed by atoms with E-state index in [0.717, 1.165) is 137 Å². The molecule has 5 fully saturated rings. The van der Waals surface area contributed by atoms with Crippen LogP contribution in [0.2, 0.25) is 0 Å². The first kappa shape index (κ1) is 53.7. The fourth-order valence-corrected chi connectivity index (χ4v) is 13.5. The first-order chi connectivity index (χ1) is 37.8. The maximum absolute atomic E-state index is 14.4. The number of phenolic OH excluding ortho intramolecular Hbond substituents is 1. The molecule has 1 aliphatic carbocycles. The summed E-state index contributed by atoms with van der Waals surface area (Å²) in [5.41, 5.74) is 14.0. The van der Waals surface area contributed by atoms with Crippen LogP contribution in [0.3, 0.4) is 0 Å². The molecule has 19 heteroatoms. The normalized spacial score (nSPS) is 22.9. The van der Waals surface area contributed by atoms with Crippen molar-refractivity contribution in [1.29, 1.82) is 0 Å². The van der Waals surface area contributed by atoms with Gasteiger partial charge in [-0.2, -0.15) is 0 Å². The number of rotatable bonds is 17. The lowest BCUT2D eigenvalue weighted by atomic mass is 9.84. The second-order valence-electron chi connectivity index (χ2n) is 23.1. The van der Waals surface area contributed by atoms with Crippen LogP contribution in [0.25, 0.3) is 27.4 Å². The molecule has 0 radical (unpaired) electrons. The molecule has 78 heavy (non-hydrogen) atoms. The van der Waals surface area contributed by atoms with Crippen LogP contribution in [-0.4, -0.2) is 149 Å². The monoisotopic (exact) mass is 1080 g/mol. The minimum absolute atomic E-state index is 0.0909. The number of nitrogens with two attached hydrogens (primary N) is 1. The number of carbonyl (C=O) groups is 2. The average Bonchev–Trinajstić information content (AvgIpc) is 4.31. The SMILES string of the molecule is Cc1ncsc1-c1ccc([C@H](C)NC(=O)[C@@H]2C[C@@H](O)CN2C(=O)[C@@H](c2cc(N3CCC(CN4CCC(OC5CC(N6CCC(Cc7cn(-c8cc(-c9ccccc9O)nnc8N)cn7)CC6)C5)CC4)CC3)no2)C(C)C)cc1. The van der Waals surface area contributed by atoms with Gasteiger partial charge in [0.1, 0.15) is 17.7 Å². The summed E-state index contributed by atoms with van der Waals surface area (Å²) >= 11 is 1.60. The molecule has 2 amide bonds. The van der Waals surface area contributed by atoms with Crippen LogP contribution < -0.4 is 16.0 Å². The van der Waals surface area contributed by atoms with E-state index in [1.54, 1.807) is 34.7 Å². The summed E-state index contributed by atoms with van der Waals surface area (Å²) in [5.74, 6) is 1.62. The third-order valence-corrected chi connectivity index (χ3v) is 18.4. The second kappa shape index (κ2) is 23.6. The summed E-state index contributed by atoms with van der Waals surface area (Å²) < 4.78 is 14.6. The number of aromatic hydroxyl groups is 1. The van der Waals surface area contributed by atoms with E-state index in [1.807, 2.05) is 92.5 Å². The van der Waals surface area contributed by atoms with Crippen molar-refractivity contribution in [3.8, 4) is 33.1 Å². The van der Waals surface area contributed by atoms with Gasteiger partial charge in [0, 0.05) is 69.6 Å². The Bertz CT molecular complexity index is 2990. The van der Waals surface area contributed by atoms with Crippen LogP contribution in [0, 0.1) is 24.7 Å². The van der Waals surface area contributed by atoms with E-state index in [4.69, 9.17) is 20.0 Å². The molecule has 18 nitrogen and oxygen atoms in total. The number of nitrogen functional groups attached to an aromatic ring is 1. The highest BCUT2D eigenvalue weighted by atomic mass is 32.1. The van der Waals surface area contributed by atoms with Crippen molar-refractivity contribution in [2.24, 2.45) is 17.8 Å². The molecule has 0 spiro atoms. The molecule has 4 atom stereocenters. The Labute approximate surface area is 461 Å². The summed E-state index contributed by atoms with van der Waals surface area (Å²) in [6.45, 7) is 15.2. The molecule has 1 saturated carbocycles. The third kappa shape index (κ3) is 12.0. The summed E-state index contributed by atoms with van der Waals surface area (Å²) in [7, 11) is 0. The summed E-state index contributed by atoms with van der Waals surface area (Å²) in [6, 6.07) is 18.5. The number of likely N-dealkylation sites (tertiary alicyclic amines) is 3. The number of β-amino-alcohol motifs (C(OH)–C–C–N with tert-alkyl or cyclic N) is 1. The lowest BCUT2D eigenvalue weighted by molar-refractivity contribution is -0.141. The number of amides is 2. The van der Waals surface area contributed by atoms with Crippen molar-refractivity contribution in [3.63, 3.8) is 0 Å². The number of carbonyl (C=O) groups excluding carboxylic acids is 2. The number of piperidine rings is 3. The highest BCUT2D eigenvalue weighted by molar-refractivity contribution is 7.13. The van der Waals surface area contributed by atoms with Crippen molar-refractivity contribution in [2.45, 2.75) is 134 Å². The molecule has 11 rings (SSSR count). The molecule has 414 valence electrons. The number of imidazole rings is 1. The first-order valence-corrected chi connectivity index (χ1v) is 29.3. The molecule has 4 aliphatic heterocycles. The lowest BCUT2D eigenvalue weighted by Crippen LogP contribution is -2.52. The number of aromatic nitrogens is 6. The van der Waals surface area contributed by atoms with Crippen LogP contribution in [0.5, 0.6) is 5.75 Å². The van der Waals surface area contributed by atoms with Gasteiger partial charge >= 0.3 is 0 Å². The Balaban J connectivity index is 0.581. The van der Waals surface area contributed by atoms with E-state index in [1.165, 1.54) is 0 Å². The predicted molar refractivity (Wildman–Crippen MR) is 300 cm³/mol. The van der Waals surface area contributed by atoms with Crippen LogP contribution >= 0.6 is 11.3 Å². The maximum atomic E-state index is 14.4. The molecule has 2 aromatic carbocycles. The zero-order chi connectivity index (χ0) is 54.0. The van der Waals surface area contributed by atoms with Gasteiger partial charge in [-0.25, -0.2) is 9.97 Å². The van der Waals surface area contributed by atoms with Gasteiger partial charge in [0.25, 0.3) is 0 Å². The molecule has 0 unspecified atom stereocenters. The number of benzene rings is 2. The van der Waals surface area contributed by atoms with Crippen LogP contribution in [0.4, 0.5) is 11.6 Å². The molecule has 8 heterocycles. The number of aliphatic hydroxyl groups is 1. The highest BCUT2D eigenvalue weighted by Gasteiger charge is 2.44. The number of hydrogen-bond donors (Lipinski definition) is 4. The Morgan fingerprint density at radius 3 is 2.35 bits per heavy atom. The molecular formula is C59H76N12O6S.